The predicted octanol–water partition coefficient (Wildman–Crippen LogP) is 3.79. The second kappa shape index (κ2) is 3.13. The van der Waals surface area contributed by atoms with E-state index in [0.717, 1.165) is 5.92 Å². The third-order valence-electron chi connectivity index (χ3n) is 6.11. The predicted molar refractivity (Wildman–Crippen MR) is 66.2 cm³/mol. The molecule has 0 aromatic carbocycles. The zero-order valence-corrected chi connectivity index (χ0v) is 11.0. The van der Waals surface area contributed by atoms with Crippen LogP contribution in [-0.4, -0.2) is 12.2 Å². The summed E-state index contributed by atoms with van der Waals surface area (Å²) in [5, 5.41) is 0. The summed E-state index contributed by atoms with van der Waals surface area (Å²) in [7, 11) is 0. The van der Waals surface area contributed by atoms with Gasteiger partial charge in [-0.2, -0.15) is 0 Å². The molecular formula is C15H24O. The van der Waals surface area contributed by atoms with Crippen molar-refractivity contribution in [1.29, 1.82) is 0 Å². The summed E-state index contributed by atoms with van der Waals surface area (Å²) >= 11 is 0. The standard InChI is InChI=1S/C15H24O/c1-10-5-7-15(4)13(9-10)16-12-6-8-14(15,3)11(12)2/h6,8,10-13H,5,7,9H2,1-4H3/t10-,11+,12+,13-,14+,15+/m1/s1. The highest BCUT2D eigenvalue weighted by Crippen LogP contribution is 2.62. The maximum atomic E-state index is 6.35. The second-order valence-electron chi connectivity index (χ2n) is 6.82. The lowest BCUT2D eigenvalue weighted by Gasteiger charge is -2.58. The third-order valence-corrected chi connectivity index (χ3v) is 6.11. The summed E-state index contributed by atoms with van der Waals surface area (Å²) in [4.78, 5) is 0. The molecule has 0 amide bonds. The molecule has 1 aliphatic heterocycles. The molecule has 3 rings (SSSR count). The van der Waals surface area contributed by atoms with Gasteiger partial charge in [0.25, 0.3) is 0 Å². The maximum Gasteiger partial charge on any atom is 0.0793 e. The molecular weight excluding hydrogens is 196 g/mol. The Kier molecular flexibility index (Phi) is 2.12. The van der Waals surface area contributed by atoms with Crippen molar-refractivity contribution in [3.8, 4) is 0 Å². The smallest absolute Gasteiger partial charge is 0.0793 e. The molecule has 16 heavy (non-hydrogen) atoms. The molecule has 1 nitrogen and oxygen atoms in total. The lowest BCUT2D eigenvalue weighted by molar-refractivity contribution is -0.202. The van der Waals surface area contributed by atoms with E-state index in [2.05, 4.69) is 39.8 Å². The Morgan fingerprint density at radius 1 is 1.25 bits per heavy atom. The lowest BCUT2D eigenvalue weighted by Crippen LogP contribution is -2.57. The molecule has 6 atom stereocenters. The summed E-state index contributed by atoms with van der Waals surface area (Å²) in [6.45, 7) is 9.66. The van der Waals surface area contributed by atoms with Gasteiger partial charge in [-0.3, -0.25) is 0 Å². The van der Waals surface area contributed by atoms with Gasteiger partial charge in [-0.25, -0.2) is 0 Å². The van der Waals surface area contributed by atoms with Crippen molar-refractivity contribution in [2.75, 3.05) is 0 Å². The van der Waals surface area contributed by atoms with E-state index in [1.807, 2.05) is 0 Å². The van der Waals surface area contributed by atoms with Crippen molar-refractivity contribution >= 4 is 0 Å². The van der Waals surface area contributed by atoms with E-state index in [1.54, 1.807) is 0 Å². The molecule has 0 spiro atoms. The fourth-order valence-electron chi connectivity index (χ4n) is 4.29. The van der Waals surface area contributed by atoms with Crippen LogP contribution in [0.4, 0.5) is 0 Å². The van der Waals surface area contributed by atoms with Crippen LogP contribution in [0.15, 0.2) is 12.2 Å². The third kappa shape index (κ3) is 1.11. The Labute approximate surface area is 99.3 Å². The molecule has 0 aromatic rings. The minimum atomic E-state index is 0.362. The highest BCUT2D eigenvalue weighted by Gasteiger charge is 2.60. The lowest BCUT2D eigenvalue weighted by atomic mass is 9.52. The van der Waals surface area contributed by atoms with Crippen LogP contribution < -0.4 is 0 Å². The van der Waals surface area contributed by atoms with E-state index >= 15 is 0 Å². The highest BCUT2D eigenvalue weighted by atomic mass is 16.5. The molecule has 0 radical (unpaired) electrons. The molecule has 0 unspecified atom stereocenters. The van der Waals surface area contributed by atoms with Gasteiger partial charge in [0.15, 0.2) is 0 Å². The summed E-state index contributed by atoms with van der Waals surface area (Å²) < 4.78 is 6.35. The molecule has 1 saturated carbocycles. The van der Waals surface area contributed by atoms with Crippen LogP contribution in [0.25, 0.3) is 0 Å². The molecule has 2 aliphatic carbocycles. The van der Waals surface area contributed by atoms with E-state index in [0.29, 0.717) is 29.0 Å². The molecule has 3 aliphatic rings. The Morgan fingerprint density at radius 3 is 2.75 bits per heavy atom. The quantitative estimate of drug-likeness (QED) is 0.564. The van der Waals surface area contributed by atoms with E-state index in [-0.39, 0.29) is 0 Å². The second-order valence-corrected chi connectivity index (χ2v) is 6.82. The Balaban J connectivity index is 2.00. The number of ether oxygens (including phenoxy) is 1. The van der Waals surface area contributed by atoms with Crippen LogP contribution >= 0.6 is 0 Å². The number of hydrogen-bond acceptors (Lipinski definition) is 1. The van der Waals surface area contributed by atoms with E-state index in [4.69, 9.17) is 4.74 Å². The van der Waals surface area contributed by atoms with Crippen LogP contribution in [0.2, 0.25) is 0 Å². The van der Waals surface area contributed by atoms with Gasteiger partial charge < -0.3 is 4.74 Å². The van der Waals surface area contributed by atoms with E-state index < -0.39 is 0 Å². The topological polar surface area (TPSA) is 9.23 Å². The van der Waals surface area contributed by atoms with Gasteiger partial charge in [-0.05, 0) is 36.5 Å². The first-order valence-corrected chi connectivity index (χ1v) is 6.82. The van der Waals surface area contributed by atoms with Gasteiger partial charge in [0.05, 0.1) is 12.2 Å². The van der Waals surface area contributed by atoms with Crippen molar-refractivity contribution in [1.82, 2.24) is 0 Å². The Hall–Kier alpha value is -0.300. The zero-order chi connectivity index (χ0) is 11.6. The Morgan fingerprint density at radius 2 is 2.00 bits per heavy atom. The minimum Gasteiger partial charge on any atom is -0.370 e. The SMILES string of the molecule is C[C@@H]1CC[C@@]2(C)[C@@H](C1)O[C@H]1C=C[C@@]2(C)[C@H]1C. The molecule has 2 bridgehead atoms. The van der Waals surface area contributed by atoms with Gasteiger partial charge in [0.1, 0.15) is 0 Å². The average Bonchev–Trinajstić information content (AvgIpc) is 2.46. The number of allylic oxidation sites excluding steroid dienone is 1. The maximum absolute atomic E-state index is 6.35. The van der Waals surface area contributed by atoms with Gasteiger partial charge in [0, 0.05) is 5.41 Å². The first-order valence-electron chi connectivity index (χ1n) is 6.82. The van der Waals surface area contributed by atoms with Crippen molar-refractivity contribution < 1.29 is 4.74 Å². The van der Waals surface area contributed by atoms with Crippen LogP contribution in [0.3, 0.4) is 0 Å². The summed E-state index contributed by atoms with van der Waals surface area (Å²) in [6, 6.07) is 0. The fourth-order valence-corrected chi connectivity index (χ4v) is 4.29. The van der Waals surface area contributed by atoms with Crippen LogP contribution in [0.1, 0.15) is 47.0 Å². The molecule has 90 valence electrons. The molecule has 1 saturated heterocycles. The van der Waals surface area contributed by atoms with Gasteiger partial charge in [0.2, 0.25) is 0 Å². The molecule has 2 fully saturated rings. The summed E-state index contributed by atoms with van der Waals surface area (Å²) in [5.41, 5.74) is 0.725. The first kappa shape index (κ1) is 10.8. The van der Waals surface area contributed by atoms with E-state index in [9.17, 15) is 0 Å². The van der Waals surface area contributed by atoms with Gasteiger partial charge in [-0.1, -0.05) is 39.8 Å². The van der Waals surface area contributed by atoms with Gasteiger partial charge >= 0.3 is 0 Å². The van der Waals surface area contributed by atoms with E-state index in [1.165, 1.54) is 19.3 Å². The van der Waals surface area contributed by atoms with Crippen LogP contribution in [-0.2, 0) is 4.74 Å². The number of rotatable bonds is 0. The monoisotopic (exact) mass is 220 g/mol. The van der Waals surface area contributed by atoms with Crippen molar-refractivity contribution in [2.45, 2.75) is 59.2 Å². The molecule has 1 heterocycles. The zero-order valence-electron chi connectivity index (χ0n) is 11.0. The normalized spacial score (nSPS) is 59.8. The fraction of sp³-hybridized carbons (Fsp3) is 0.867. The summed E-state index contributed by atoms with van der Waals surface area (Å²) in [6.07, 6.45) is 9.60. The highest BCUT2D eigenvalue weighted by molar-refractivity contribution is 5.23. The van der Waals surface area contributed by atoms with Crippen molar-refractivity contribution in [3.63, 3.8) is 0 Å². The molecule has 1 heteroatoms. The van der Waals surface area contributed by atoms with Crippen LogP contribution in [0.5, 0.6) is 0 Å². The molecule has 0 aromatic heterocycles. The Bertz CT molecular complexity index is 334. The first-order chi connectivity index (χ1) is 7.47. The van der Waals surface area contributed by atoms with Gasteiger partial charge in [-0.15, -0.1) is 0 Å². The molecule has 0 N–H and O–H groups in total. The largest absolute Gasteiger partial charge is 0.370 e. The average molecular weight is 220 g/mol. The van der Waals surface area contributed by atoms with Crippen molar-refractivity contribution in [2.24, 2.45) is 22.7 Å². The van der Waals surface area contributed by atoms with Crippen LogP contribution in [0, 0.1) is 22.7 Å². The number of hydrogen-bond donors (Lipinski definition) is 0. The van der Waals surface area contributed by atoms with Crippen molar-refractivity contribution in [3.05, 3.63) is 12.2 Å². The summed E-state index contributed by atoms with van der Waals surface area (Å²) in [5.74, 6) is 1.50. The minimum absolute atomic E-state index is 0.362. The number of fused-ring (bicyclic) bond motifs is 4.